The van der Waals surface area contributed by atoms with Crippen molar-refractivity contribution in [3.05, 3.63) is 34.9 Å². The van der Waals surface area contributed by atoms with E-state index in [9.17, 15) is 13.2 Å². The van der Waals surface area contributed by atoms with Gasteiger partial charge in [-0.15, -0.1) is 0 Å². The summed E-state index contributed by atoms with van der Waals surface area (Å²) in [4.78, 5) is 0. The molecule has 0 amide bonds. The van der Waals surface area contributed by atoms with Crippen LogP contribution in [-0.2, 0) is 10.6 Å². The molecule has 0 saturated carbocycles. The Morgan fingerprint density at radius 1 is 1.09 bits per heavy atom. The van der Waals surface area contributed by atoms with Crippen LogP contribution in [0.1, 0.15) is 43.9 Å². The van der Waals surface area contributed by atoms with E-state index < -0.39 is 20.1 Å². The molecule has 1 aromatic carbocycles. The van der Waals surface area contributed by atoms with Gasteiger partial charge in [-0.1, -0.05) is 32.6 Å². The highest BCUT2D eigenvalue weighted by Gasteiger charge is 2.36. The first-order chi connectivity index (χ1) is 10.3. The van der Waals surface area contributed by atoms with Gasteiger partial charge in [0.1, 0.15) is 0 Å². The van der Waals surface area contributed by atoms with Gasteiger partial charge >= 0.3 is 6.18 Å². The van der Waals surface area contributed by atoms with E-state index in [-0.39, 0.29) is 5.04 Å². The van der Waals surface area contributed by atoms with Crippen LogP contribution in [-0.4, -0.2) is 14.9 Å². The topological polar surface area (TPSA) is 9.23 Å². The molecule has 0 atom stereocenters. The molecule has 0 unspecified atom stereocenters. The Morgan fingerprint density at radius 2 is 1.70 bits per heavy atom. The van der Waals surface area contributed by atoms with Crippen LogP contribution < -0.4 is 0 Å². The quantitative estimate of drug-likeness (QED) is 0.384. The fourth-order valence-electron chi connectivity index (χ4n) is 1.76. The lowest BCUT2D eigenvalue weighted by molar-refractivity contribution is -0.137. The maximum absolute atomic E-state index is 12.8. The average molecular weight is 342 g/mol. The highest BCUT2D eigenvalue weighted by Crippen LogP contribution is 2.36. The summed E-state index contributed by atoms with van der Waals surface area (Å²) in [6.45, 7) is 13.0. The van der Waals surface area contributed by atoms with E-state index in [2.05, 4.69) is 45.7 Å². The molecule has 0 aliphatic heterocycles. The first-order valence-corrected chi connectivity index (χ1v) is 10.6. The lowest BCUT2D eigenvalue weighted by atomic mass is 10.1. The number of hydrogen-bond acceptors (Lipinski definition) is 1. The lowest BCUT2D eigenvalue weighted by Gasteiger charge is -2.35. The second-order valence-electron chi connectivity index (χ2n) is 7.25. The van der Waals surface area contributed by atoms with Crippen molar-refractivity contribution in [1.82, 2.24) is 0 Å². The van der Waals surface area contributed by atoms with E-state index in [4.69, 9.17) is 4.43 Å². The van der Waals surface area contributed by atoms with Gasteiger partial charge in [0.25, 0.3) is 0 Å². The summed E-state index contributed by atoms with van der Waals surface area (Å²) in [5, 5.41) is 0.137. The maximum atomic E-state index is 12.8. The summed E-state index contributed by atoms with van der Waals surface area (Å²) in [5.41, 5.74) is 0.297. The molecule has 1 rings (SSSR count). The normalized spacial score (nSPS) is 12.7. The van der Waals surface area contributed by atoms with Gasteiger partial charge in [0.2, 0.25) is 0 Å². The van der Waals surface area contributed by atoms with Crippen molar-refractivity contribution in [2.45, 2.75) is 58.4 Å². The largest absolute Gasteiger partial charge is 0.416 e. The van der Waals surface area contributed by atoms with Gasteiger partial charge in [0.05, 0.1) is 5.56 Å². The Bertz CT molecular complexity index is 601. The molecule has 128 valence electrons. The molecule has 23 heavy (non-hydrogen) atoms. The van der Waals surface area contributed by atoms with Crippen LogP contribution in [0.4, 0.5) is 13.2 Å². The van der Waals surface area contributed by atoms with Crippen molar-refractivity contribution in [3.8, 4) is 11.8 Å². The zero-order valence-corrected chi connectivity index (χ0v) is 15.7. The van der Waals surface area contributed by atoms with Gasteiger partial charge in [-0.3, -0.25) is 0 Å². The van der Waals surface area contributed by atoms with E-state index >= 15 is 0 Å². The first kappa shape index (κ1) is 19.8. The zero-order valence-electron chi connectivity index (χ0n) is 14.7. The highest BCUT2D eigenvalue weighted by molar-refractivity contribution is 6.74. The molecule has 0 N–H and O–H groups in total. The van der Waals surface area contributed by atoms with Crippen LogP contribution >= 0.6 is 0 Å². The molecule has 5 heteroatoms. The third kappa shape index (κ3) is 6.04. The smallest absolute Gasteiger partial charge is 0.416 e. The summed E-state index contributed by atoms with van der Waals surface area (Å²) in [6.07, 6.45) is -3.82. The maximum Gasteiger partial charge on any atom is 0.416 e. The number of rotatable bonds is 3. The van der Waals surface area contributed by atoms with E-state index in [0.29, 0.717) is 24.2 Å². The second-order valence-corrected chi connectivity index (χ2v) is 12.1. The molecule has 1 nitrogen and oxygen atoms in total. The van der Waals surface area contributed by atoms with Gasteiger partial charge in [0.15, 0.2) is 8.32 Å². The van der Waals surface area contributed by atoms with E-state index in [0.717, 1.165) is 12.1 Å². The number of benzene rings is 1. The van der Waals surface area contributed by atoms with Crippen molar-refractivity contribution < 1.29 is 17.6 Å². The molecule has 0 aliphatic rings. The van der Waals surface area contributed by atoms with Crippen LogP contribution in [0.25, 0.3) is 0 Å². The summed E-state index contributed by atoms with van der Waals surface area (Å²) < 4.78 is 44.3. The van der Waals surface area contributed by atoms with Gasteiger partial charge in [0, 0.05) is 18.6 Å². The van der Waals surface area contributed by atoms with Crippen molar-refractivity contribution in [2.24, 2.45) is 0 Å². The van der Waals surface area contributed by atoms with Gasteiger partial charge in [-0.2, -0.15) is 13.2 Å². The standard InChI is InChI=1S/C18H25F3OSi/c1-14-11-15(13-16(12-14)18(19,20)21)9-7-8-10-22-23(5,6)17(2,3)4/h11-13H,8,10H2,1-6H3. The minimum Gasteiger partial charge on any atom is -0.416 e. The van der Waals surface area contributed by atoms with E-state index in [1.807, 2.05) is 0 Å². The first-order valence-electron chi connectivity index (χ1n) is 7.65. The number of aryl methyl sites for hydroxylation is 1. The van der Waals surface area contributed by atoms with E-state index in [1.54, 1.807) is 13.0 Å². The second kappa shape index (κ2) is 7.10. The number of hydrogen-bond donors (Lipinski definition) is 0. The van der Waals surface area contributed by atoms with Gasteiger partial charge in [-0.25, -0.2) is 0 Å². The number of halogens is 3. The minimum atomic E-state index is -4.34. The average Bonchev–Trinajstić information content (AvgIpc) is 2.35. The van der Waals surface area contributed by atoms with Gasteiger partial charge < -0.3 is 4.43 Å². The molecule has 0 aliphatic carbocycles. The molecular formula is C18H25F3OSi. The van der Waals surface area contributed by atoms with Crippen molar-refractivity contribution >= 4 is 8.32 Å². The molecule has 1 aromatic rings. The van der Waals surface area contributed by atoms with Crippen molar-refractivity contribution in [1.29, 1.82) is 0 Å². The summed E-state index contributed by atoms with van der Waals surface area (Å²) in [6, 6.07) is 3.89. The molecule has 0 saturated heterocycles. The SMILES string of the molecule is Cc1cc(C#CCCO[Si](C)(C)C(C)(C)C)cc(C(F)(F)F)c1. The molecular weight excluding hydrogens is 317 g/mol. The Kier molecular flexibility index (Phi) is 6.11. The summed E-state index contributed by atoms with van der Waals surface area (Å²) in [7, 11) is -1.79. The number of alkyl halides is 3. The molecule has 0 fully saturated rings. The van der Waals surface area contributed by atoms with Crippen LogP contribution in [0.5, 0.6) is 0 Å². The van der Waals surface area contributed by atoms with Gasteiger partial charge in [-0.05, 0) is 48.8 Å². The summed E-state index contributed by atoms with van der Waals surface area (Å²) >= 11 is 0. The minimum absolute atomic E-state index is 0.137. The van der Waals surface area contributed by atoms with Crippen LogP contribution in [0.15, 0.2) is 18.2 Å². The van der Waals surface area contributed by atoms with Crippen molar-refractivity contribution in [3.63, 3.8) is 0 Å². The Balaban J connectivity index is 2.70. The Morgan fingerprint density at radius 3 is 2.22 bits per heavy atom. The monoisotopic (exact) mass is 342 g/mol. The molecule has 0 aromatic heterocycles. The molecule has 0 spiro atoms. The highest BCUT2D eigenvalue weighted by atomic mass is 28.4. The fraction of sp³-hybridized carbons (Fsp3) is 0.556. The van der Waals surface area contributed by atoms with E-state index in [1.165, 1.54) is 0 Å². The Labute approximate surface area is 138 Å². The molecule has 0 radical (unpaired) electrons. The van der Waals surface area contributed by atoms with Crippen LogP contribution in [0.3, 0.4) is 0 Å². The fourth-order valence-corrected chi connectivity index (χ4v) is 2.80. The lowest BCUT2D eigenvalue weighted by Crippen LogP contribution is -2.40. The molecule has 0 bridgehead atoms. The Hall–Kier alpha value is -1.25. The zero-order chi connectivity index (χ0) is 17.9. The third-order valence-corrected chi connectivity index (χ3v) is 8.67. The third-order valence-electron chi connectivity index (χ3n) is 4.13. The van der Waals surface area contributed by atoms with Crippen molar-refractivity contribution in [2.75, 3.05) is 6.61 Å². The predicted molar refractivity (Wildman–Crippen MR) is 90.8 cm³/mol. The summed E-state index contributed by atoms with van der Waals surface area (Å²) in [5.74, 6) is 5.72. The van der Waals surface area contributed by atoms with Crippen LogP contribution in [0, 0.1) is 18.8 Å². The predicted octanol–water partition coefficient (Wildman–Crippen LogP) is 5.78. The van der Waals surface area contributed by atoms with Crippen LogP contribution in [0.2, 0.25) is 18.1 Å². The molecule has 0 heterocycles.